The summed E-state index contributed by atoms with van der Waals surface area (Å²) in [5.74, 6) is 0. The van der Waals surface area contributed by atoms with Gasteiger partial charge in [0, 0.05) is 25.0 Å². The van der Waals surface area contributed by atoms with Crippen molar-refractivity contribution >= 4 is 11.7 Å². The van der Waals surface area contributed by atoms with E-state index in [1.54, 1.807) is 6.20 Å². The first-order chi connectivity index (χ1) is 11.5. The minimum atomic E-state index is -0.0424. The number of likely N-dealkylation sites (tertiary alicyclic amines) is 1. The molecule has 1 fully saturated rings. The Morgan fingerprint density at radius 2 is 2.21 bits per heavy atom. The number of nitrogens with zero attached hydrogens (tertiary/aromatic N) is 5. The lowest BCUT2D eigenvalue weighted by atomic mass is 10.2. The van der Waals surface area contributed by atoms with Crippen molar-refractivity contribution in [3.63, 3.8) is 0 Å². The molecule has 0 bridgehead atoms. The molecule has 3 heterocycles. The van der Waals surface area contributed by atoms with Gasteiger partial charge in [0.25, 0.3) is 0 Å². The van der Waals surface area contributed by atoms with Crippen LogP contribution in [0.1, 0.15) is 44.1 Å². The molecule has 1 N–H and O–H groups in total. The normalized spacial score (nSPS) is 17.7. The molecule has 2 aromatic heterocycles. The number of hydrogen-bond donors (Lipinski definition) is 1. The van der Waals surface area contributed by atoms with Crippen LogP contribution >= 0.6 is 0 Å². The molecular formula is C17H26N6O. The molecule has 0 aromatic carbocycles. The Bertz CT molecular complexity index is 703. The number of carbonyl (C=O) groups excluding carboxylic acids is 1. The number of carbonyl (C=O) groups is 1. The number of amides is 2. The Kier molecular flexibility index (Phi) is 4.59. The zero-order valence-electron chi connectivity index (χ0n) is 14.9. The molecule has 0 aliphatic carbocycles. The standard InChI is InChI=1S/C17H26N6O/c1-12(2)23-14(4)16(13(3)20-23)19-17(24)22-10-5-7-15(22)11-21-9-6-8-18-21/h6,8-9,12,15H,5,7,10-11H2,1-4H3,(H,19,24). The van der Waals surface area contributed by atoms with Crippen LogP contribution in [0.5, 0.6) is 0 Å². The third-order valence-corrected chi connectivity index (χ3v) is 4.64. The lowest BCUT2D eigenvalue weighted by Crippen LogP contribution is -2.41. The van der Waals surface area contributed by atoms with E-state index in [4.69, 9.17) is 0 Å². The molecular weight excluding hydrogens is 304 g/mol. The Balaban J connectivity index is 1.72. The molecule has 1 aliphatic heterocycles. The molecule has 1 aliphatic rings. The first-order valence-electron chi connectivity index (χ1n) is 8.58. The Morgan fingerprint density at radius 3 is 2.83 bits per heavy atom. The second kappa shape index (κ2) is 6.67. The number of anilines is 1. The molecule has 7 heteroatoms. The highest BCUT2D eigenvalue weighted by atomic mass is 16.2. The second-order valence-electron chi connectivity index (χ2n) is 6.73. The summed E-state index contributed by atoms with van der Waals surface area (Å²) in [6.07, 6.45) is 5.75. The first-order valence-corrected chi connectivity index (χ1v) is 8.58. The van der Waals surface area contributed by atoms with Crippen molar-refractivity contribution in [3.8, 4) is 0 Å². The van der Waals surface area contributed by atoms with Crippen LogP contribution in [-0.2, 0) is 6.54 Å². The van der Waals surface area contributed by atoms with Crippen LogP contribution in [0.15, 0.2) is 18.5 Å². The van der Waals surface area contributed by atoms with E-state index in [1.165, 1.54) is 0 Å². The van der Waals surface area contributed by atoms with Crippen molar-refractivity contribution in [2.45, 2.75) is 59.2 Å². The fraction of sp³-hybridized carbons (Fsp3) is 0.588. The Labute approximate surface area is 142 Å². The number of nitrogens with one attached hydrogen (secondary N) is 1. The third kappa shape index (κ3) is 3.16. The van der Waals surface area contributed by atoms with Crippen LogP contribution in [0, 0.1) is 13.8 Å². The molecule has 1 unspecified atom stereocenters. The molecule has 7 nitrogen and oxygen atoms in total. The van der Waals surface area contributed by atoms with Crippen LogP contribution in [0.2, 0.25) is 0 Å². The van der Waals surface area contributed by atoms with Crippen molar-refractivity contribution in [2.24, 2.45) is 0 Å². The summed E-state index contributed by atoms with van der Waals surface area (Å²) in [6.45, 7) is 9.64. The van der Waals surface area contributed by atoms with Crippen LogP contribution in [-0.4, -0.2) is 43.1 Å². The lowest BCUT2D eigenvalue weighted by Gasteiger charge is -2.25. The van der Waals surface area contributed by atoms with Gasteiger partial charge in [-0.25, -0.2) is 4.79 Å². The van der Waals surface area contributed by atoms with E-state index in [0.717, 1.165) is 43.0 Å². The summed E-state index contributed by atoms with van der Waals surface area (Å²) in [7, 11) is 0. The average Bonchev–Trinajstić information content (AvgIpc) is 3.25. The summed E-state index contributed by atoms with van der Waals surface area (Å²) in [4.78, 5) is 14.7. The number of aryl methyl sites for hydroxylation is 1. The van der Waals surface area contributed by atoms with E-state index in [-0.39, 0.29) is 18.1 Å². The molecule has 1 atom stereocenters. The van der Waals surface area contributed by atoms with Crippen molar-refractivity contribution in [1.29, 1.82) is 0 Å². The van der Waals surface area contributed by atoms with Crippen LogP contribution in [0.4, 0.5) is 10.5 Å². The number of rotatable bonds is 4. The maximum atomic E-state index is 12.8. The summed E-state index contributed by atoms with van der Waals surface area (Å²) in [5, 5.41) is 11.9. The highest BCUT2D eigenvalue weighted by Crippen LogP contribution is 2.25. The molecule has 0 spiro atoms. The van der Waals surface area contributed by atoms with Crippen molar-refractivity contribution < 1.29 is 4.79 Å². The first kappa shape index (κ1) is 16.5. The van der Waals surface area contributed by atoms with Gasteiger partial charge in [-0.3, -0.25) is 9.36 Å². The Morgan fingerprint density at radius 1 is 1.42 bits per heavy atom. The number of urea groups is 1. The second-order valence-corrected chi connectivity index (χ2v) is 6.73. The van der Waals surface area contributed by atoms with E-state index in [1.807, 2.05) is 40.4 Å². The fourth-order valence-electron chi connectivity index (χ4n) is 3.44. The Hall–Kier alpha value is -2.31. The summed E-state index contributed by atoms with van der Waals surface area (Å²) in [5.41, 5.74) is 2.69. The third-order valence-electron chi connectivity index (χ3n) is 4.64. The van der Waals surface area contributed by atoms with E-state index in [9.17, 15) is 4.79 Å². The predicted molar refractivity (Wildman–Crippen MR) is 93.1 cm³/mol. The van der Waals surface area contributed by atoms with Gasteiger partial charge in [0.05, 0.1) is 29.7 Å². The van der Waals surface area contributed by atoms with Gasteiger partial charge in [0.1, 0.15) is 0 Å². The summed E-state index contributed by atoms with van der Waals surface area (Å²) in [6, 6.07) is 2.32. The SMILES string of the molecule is Cc1nn(C(C)C)c(C)c1NC(=O)N1CCCC1Cn1cccn1. The van der Waals surface area contributed by atoms with Gasteiger partial charge < -0.3 is 10.2 Å². The zero-order chi connectivity index (χ0) is 17.3. The highest BCUT2D eigenvalue weighted by Gasteiger charge is 2.30. The van der Waals surface area contributed by atoms with Gasteiger partial charge >= 0.3 is 6.03 Å². The molecule has 0 saturated carbocycles. The maximum absolute atomic E-state index is 12.8. The monoisotopic (exact) mass is 330 g/mol. The zero-order valence-corrected chi connectivity index (χ0v) is 14.9. The van der Waals surface area contributed by atoms with E-state index < -0.39 is 0 Å². The van der Waals surface area contributed by atoms with Crippen molar-refractivity contribution in [3.05, 3.63) is 29.8 Å². The van der Waals surface area contributed by atoms with Crippen LogP contribution in [0.3, 0.4) is 0 Å². The van der Waals surface area contributed by atoms with Gasteiger partial charge in [0.2, 0.25) is 0 Å². The smallest absolute Gasteiger partial charge is 0.320 e. The summed E-state index contributed by atoms with van der Waals surface area (Å²) < 4.78 is 3.85. The van der Waals surface area contributed by atoms with Gasteiger partial charge in [-0.2, -0.15) is 10.2 Å². The fourth-order valence-corrected chi connectivity index (χ4v) is 3.44. The minimum Gasteiger partial charge on any atom is -0.320 e. The molecule has 3 rings (SSSR count). The van der Waals surface area contributed by atoms with Crippen molar-refractivity contribution in [2.75, 3.05) is 11.9 Å². The van der Waals surface area contributed by atoms with Crippen molar-refractivity contribution in [1.82, 2.24) is 24.5 Å². The lowest BCUT2D eigenvalue weighted by molar-refractivity contribution is 0.199. The van der Waals surface area contributed by atoms with Gasteiger partial charge in [-0.05, 0) is 46.6 Å². The van der Waals surface area contributed by atoms with Crippen LogP contribution in [0.25, 0.3) is 0 Å². The van der Waals surface area contributed by atoms with E-state index in [0.29, 0.717) is 0 Å². The number of hydrogen-bond acceptors (Lipinski definition) is 3. The molecule has 0 radical (unpaired) electrons. The minimum absolute atomic E-state index is 0.0424. The molecule has 130 valence electrons. The highest BCUT2D eigenvalue weighted by molar-refractivity contribution is 5.91. The van der Waals surface area contributed by atoms with Crippen LogP contribution < -0.4 is 5.32 Å². The van der Waals surface area contributed by atoms with E-state index in [2.05, 4.69) is 29.4 Å². The molecule has 1 saturated heterocycles. The van der Waals surface area contributed by atoms with Gasteiger partial charge in [-0.15, -0.1) is 0 Å². The average molecular weight is 330 g/mol. The quantitative estimate of drug-likeness (QED) is 0.937. The van der Waals surface area contributed by atoms with E-state index >= 15 is 0 Å². The summed E-state index contributed by atoms with van der Waals surface area (Å²) >= 11 is 0. The van der Waals surface area contributed by atoms with Gasteiger partial charge in [0.15, 0.2) is 0 Å². The topological polar surface area (TPSA) is 68.0 Å². The maximum Gasteiger partial charge on any atom is 0.322 e. The largest absolute Gasteiger partial charge is 0.322 e. The molecule has 2 aromatic rings. The molecule has 2 amide bonds. The number of aromatic nitrogens is 4. The predicted octanol–water partition coefficient (Wildman–Crippen LogP) is 2.97. The molecule has 24 heavy (non-hydrogen) atoms. The van der Waals surface area contributed by atoms with Gasteiger partial charge in [-0.1, -0.05) is 0 Å².